The minimum atomic E-state index is 0.0540. The molecule has 1 amide bonds. The first kappa shape index (κ1) is 24.8. The van der Waals surface area contributed by atoms with Crippen molar-refractivity contribution in [3.05, 3.63) is 58.7 Å². The predicted molar refractivity (Wildman–Crippen MR) is 135 cm³/mol. The van der Waals surface area contributed by atoms with E-state index in [1.165, 1.54) is 11.1 Å². The molecule has 3 heterocycles. The summed E-state index contributed by atoms with van der Waals surface area (Å²) in [7, 11) is 0. The summed E-state index contributed by atoms with van der Waals surface area (Å²) in [6, 6.07) is 9.42. The van der Waals surface area contributed by atoms with Crippen LogP contribution in [0.25, 0.3) is 0 Å². The van der Waals surface area contributed by atoms with Crippen LogP contribution in [0.15, 0.2) is 30.6 Å². The minimum Gasteiger partial charge on any atom is -0.379 e. The molecule has 6 nitrogen and oxygen atoms in total. The van der Waals surface area contributed by atoms with Crippen molar-refractivity contribution in [1.29, 1.82) is 0 Å². The smallest absolute Gasteiger partial charge is 0.272 e. The normalized spacial score (nSPS) is 20.2. The van der Waals surface area contributed by atoms with Crippen molar-refractivity contribution < 1.29 is 9.53 Å². The van der Waals surface area contributed by atoms with Crippen molar-refractivity contribution in [3.8, 4) is 0 Å². The molecule has 2 aromatic rings. The van der Waals surface area contributed by atoms with Crippen LogP contribution in [-0.2, 0) is 23.0 Å². The minimum absolute atomic E-state index is 0.0540. The highest BCUT2D eigenvalue weighted by molar-refractivity contribution is 5.93. The lowest BCUT2D eigenvalue weighted by Gasteiger charge is -2.34. The van der Waals surface area contributed by atoms with Gasteiger partial charge in [0.2, 0.25) is 0 Å². The van der Waals surface area contributed by atoms with E-state index in [-0.39, 0.29) is 11.3 Å². The molecular formula is C28H40N4O2. The van der Waals surface area contributed by atoms with Crippen LogP contribution in [0.3, 0.4) is 0 Å². The zero-order chi connectivity index (χ0) is 24.1. The largest absolute Gasteiger partial charge is 0.379 e. The molecular weight excluding hydrogens is 424 g/mol. The number of rotatable bonds is 5. The number of nitrogens with zero attached hydrogens (tertiary/aromatic N) is 4. The average molecular weight is 465 g/mol. The van der Waals surface area contributed by atoms with E-state index in [1.807, 2.05) is 11.8 Å². The SMILES string of the molecule is Cc1c(CCc2ccc(C(C)(C)C)cc2)ncnc1C(=O)N1CCCC(N2CCOCC2)CC1. The van der Waals surface area contributed by atoms with Crippen LogP contribution in [0.4, 0.5) is 0 Å². The molecule has 0 radical (unpaired) electrons. The highest BCUT2D eigenvalue weighted by Crippen LogP contribution is 2.23. The van der Waals surface area contributed by atoms with Crippen molar-refractivity contribution in [2.75, 3.05) is 39.4 Å². The molecule has 2 saturated heterocycles. The van der Waals surface area contributed by atoms with Crippen molar-refractivity contribution in [1.82, 2.24) is 19.8 Å². The van der Waals surface area contributed by atoms with Crippen LogP contribution >= 0.6 is 0 Å². The second-order valence-electron chi connectivity index (χ2n) is 10.8. The van der Waals surface area contributed by atoms with Gasteiger partial charge >= 0.3 is 0 Å². The first-order valence-corrected chi connectivity index (χ1v) is 12.8. The maximum atomic E-state index is 13.4. The van der Waals surface area contributed by atoms with E-state index in [0.29, 0.717) is 11.7 Å². The highest BCUT2D eigenvalue weighted by atomic mass is 16.5. The number of morpholine rings is 1. The maximum Gasteiger partial charge on any atom is 0.272 e. The van der Waals surface area contributed by atoms with Gasteiger partial charge in [-0.25, -0.2) is 9.97 Å². The fraction of sp³-hybridized carbons (Fsp3) is 0.607. The molecule has 2 aliphatic heterocycles. The summed E-state index contributed by atoms with van der Waals surface area (Å²) in [6.07, 6.45) is 6.48. The summed E-state index contributed by atoms with van der Waals surface area (Å²) in [5, 5.41) is 0. The molecule has 6 heteroatoms. The summed E-state index contributed by atoms with van der Waals surface area (Å²) < 4.78 is 5.51. The standard InChI is InChI=1S/C28H40N4O2/c1-21-25(12-9-22-7-10-23(11-8-22)28(2,3)4)29-20-30-26(21)27(33)32-14-5-6-24(13-15-32)31-16-18-34-19-17-31/h7-8,10-11,20,24H,5-6,9,12-19H2,1-4H3. The van der Waals surface area contributed by atoms with Gasteiger partial charge in [-0.05, 0) is 55.6 Å². The number of hydrogen-bond acceptors (Lipinski definition) is 5. The molecule has 0 bridgehead atoms. The van der Waals surface area contributed by atoms with Gasteiger partial charge in [-0.2, -0.15) is 0 Å². The molecule has 0 spiro atoms. The number of hydrogen-bond donors (Lipinski definition) is 0. The molecule has 4 rings (SSSR count). The molecule has 184 valence electrons. The van der Waals surface area contributed by atoms with Crippen LogP contribution in [0.2, 0.25) is 0 Å². The first-order chi connectivity index (χ1) is 16.3. The van der Waals surface area contributed by atoms with E-state index in [2.05, 4.69) is 59.9 Å². The van der Waals surface area contributed by atoms with Gasteiger partial charge in [0.25, 0.3) is 5.91 Å². The number of aromatic nitrogens is 2. The van der Waals surface area contributed by atoms with Crippen molar-refractivity contribution in [2.45, 2.75) is 71.3 Å². The summed E-state index contributed by atoms with van der Waals surface area (Å²) in [4.78, 5) is 26.9. The van der Waals surface area contributed by atoms with Crippen LogP contribution in [0.1, 0.15) is 72.9 Å². The third-order valence-electron chi connectivity index (χ3n) is 7.41. The maximum absolute atomic E-state index is 13.4. The average Bonchev–Trinajstić information content (AvgIpc) is 3.10. The monoisotopic (exact) mass is 464 g/mol. The van der Waals surface area contributed by atoms with Gasteiger partial charge in [0.15, 0.2) is 0 Å². The number of carbonyl (C=O) groups is 1. The Morgan fingerprint density at radius 1 is 1.00 bits per heavy atom. The summed E-state index contributed by atoms with van der Waals surface area (Å²) >= 11 is 0. The Balaban J connectivity index is 1.38. The molecule has 0 aliphatic carbocycles. The zero-order valence-corrected chi connectivity index (χ0v) is 21.3. The Hall–Kier alpha value is -2.31. The van der Waals surface area contributed by atoms with E-state index in [1.54, 1.807) is 6.33 Å². The van der Waals surface area contributed by atoms with Gasteiger partial charge in [0, 0.05) is 43.5 Å². The van der Waals surface area contributed by atoms with Crippen LogP contribution < -0.4 is 0 Å². The van der Waals surface area contributed by atoms with Crippen LogP contribution in [-0.4, -0.2) is 71.1 Å². The summed E-state index contributed by atoms with van der Waals surface area (Å²) in [5.74, 6) is 0.0540. The molecule has 2 fully saturated rings. The second kappa shape index (κ2) is 11.0. The Kier molecular flexibility index (Phi) is 7.99. The van der Waals surface area contributed by atoms with Crippen LogP contribution in [0, 0.1) is 6.92 Å². The number of benzene rings is 1. The zero-order valence-electron chi connectivity index (χ0n) is 21.3. The Morgan fingerprint density at radius 3 is 2.44 bits per heavy atom. The molecule has 2 aliphatic rings. The van der Waals surface area contributed by atoms with E-state index in [4.69, 9.17) is 4.74 Å². The number of amides is 1. The number of carbonyl (C=O) groups excluding carboxylic acids is 1. The van der Waals surface area contributed by atoms with Crippen molar-refractivity contribution in [3.63, 3.8) is 0 Å². The topological polar surface area (TPSA) is 58.6 Å². The fourth-order valence-electron chi connectivity index (χ4n) is 5.13. The number of ether oxygens (including phenoxy) is 1. The Morgan fingerprint density at radius 2 is 1.74 bits per heavy atom. The molecule has 1 unspecified atom stereocenters. The molecule has 1 atom stereocenters. The lowest BCUT2D eigenvalue weighted by molar-refractivity contribution is 0.0135. The van der Waals surface area contributed by atoms with E-state index in [0.717, 1.165) is 82.8 Å². The third-order valence-corrected chi connectivity index (χ3v) is 7.41. The quantitative estimate of drug-likeness (QED) is 0.664. The molecule has 34 heavy (non-hydrogen) atoms. The van der Waals surface area contributed by atoms with Gasteiger partial charge in [-0.3, -0.25) is 9.69 Å². The van der Waals surface area contributed by atoms with Gasteiger partial charge < -0.3 is 9.64 Å². The van der Waals surface area contributed by atoms with Gasteiger partial charge in [-0.1, -0.05) is 45.0 Å². The molecule has 0 saturated carbocycles. The molecule has 1 aromatic heterocycles. The second-order valence-corrected chi connectivity index (χ2v) is 10.8. The lowest BCUT2D eigenvalue weighted by Crippen LogP contribution is -2.44. The van der Waals surface area contributed by atoms with Crippen LogP contribution in [0.5, 0.6) is 0 Å². The highest BCUT2D eigenvalue weighted by Gasteiger charge is 2.27. The van der Waals surface area contributed by atoms with Gasteiger partial charge in [0.1, 0.15) is 12.0 Å². The summed E-state index contributed by atoms with van der Waals surface area (Å²) in [5.41, 5.74) is 5.26. The Bertz CT molecular complexity index is 961. The Labute approximate surface area is 204 Å². The number of likely N-dealkylation sites (tertiary alicyclic amines) is 1. The fourth-order valence-corrected chi connectivity index (χ4v) is 5.13. The van der Waals surface area contributed by atoms with E-state index in [9.17, 15) is 4.79 Å². The number of aryl methyl sites for hydroxylation is 2. The molecule has 0 N–H and O–H groups in total. The van der Waals surface area contributed by atoms with Gasteiger partial charge in [0.05, 0.1) is 13.2 Å². The van der Waals surface area contributed by atoms with E-state index >= 15 is 0 Å². The molecule has 1 aromatic carbocycles. The lowest BCUT2D eigenvalue weighted by atomic mass is 9.86. The van der Waals surface area contributed by atoms with Gasteiger partial charge in [-0.15, -0.1) is 0 Å². The van der Waals surface area contributed by atoms with E-state index < -0.39 is 0 Å². The van der Waals surface area contributed by atoms with Crippen molar-refractivity contribution >= 4 is 5.91 Å². The predicted octanol–water partition coefficient (Wildman–Crippen LogP) is 4.19. The summed E-state index contributed by atoms with van der Waals surface area (Å²) in [6.45, 7) is 14.0. The third kappa shape index (κ3) is 6.02. The van der Waals surface area contributed by atoms with Crippen molar-refractivity contribution in [2.24, 2.45) is 0 Å². The first-order valence-electron chi connectivity index (χ1n) is 12.8.